The predicted octanol–water partition coefficient (Wildman–Crippen LogP) is 11.2. The van der Waals surface area contributed by atoms with Crippen LogP contribution in [0.25, 0.3) is 0 Å². The second-order valence-electron chi connectivity index (χ2n) is 10.6. The molecule has 0 saturated heterocycles. The summed E-state index contributed by atoms with van der Waals surface area (Å²) < 4.78 is 0. The first kappa shape index (κ1) is 31.7. The molecule has 0 aliphatic heterocycles. The summed E-state index contributed by atoms with van der Waals surface area (Å²) in [6.07, 6.45) is 34.9. The summed E-state index contributed by atoms with van der Waals surface area (Å²) in [6.45, 7) is 0. The van der Waals surface area contributed by atoms with Crippen molar-refractivity contribution in [3.8, 4) is 10.8 Å². The van der Waals surface area contributed by atoms with E-state index in [1.165, 1.54) is 172 Å². The van der Waals surface area contributed by atoms with E-state index in [0.717, 1.165) is 11.7 Å². The van der Waals surface area contributed by atoms with Gasteiger partial charge in [0.1, 0.15) is 10.8 Å². The Bertz CT molecular complexity index is 511. The number of thiocyanates is 2. The average molecular weight is 507 g/mol. The van der Waals surface area contributed by atoms with Gasteiger partial charge < -0.3 is 0 Å². The highest BCUT2D eigenvalue weighted by Crippen LogP contribution is 2.36. The van der Waals surface area contributed by atoms with Gasteiger partial charge in [0.05, 0.1) is 0 Å². The minimum atomic E-state index is 0.630. The first-order valence-corrected chi connectivity index (χ1v) is 16.8. The summed E-state index contributed by atoms with van der Waals surface area (Å²) in [5.74, 6) is 1.84. The lowest BCUT2D eigenvalue weighted by atomic mass is 9.85. The van der Waals surface area contributed by atoms with E-state index in [2.05, 4.69) is 10.8 Å². The summed E-state index contributed by atoms with van der Waals surface area (Å²) in [7, 11) is 0. The summed E-state index contributed by atoms with van der Waals surface area (Å²) >= 11 is 2.95. The quantitative estimate of drug-likeness (QED) is 0.0964. The van der Waals surface area contributed by atoms with Gasteiger partial charge in [-0.05, 0) is 55.1 Å². The molecular formula is C30H54N2S2. The van der Waals surface area contributed by atoms with Gasteiger partial charge in [0.2, 0.25) is 0 Å². The lowest BCUT2D eigenvalue weighted by Gasteiger charge is -2.29. The molecule has 2 atom stereocenters. The number of hydrogen-bond acceptors (Lipinski definition) is 4. The van der Waals surface area contributed by atoms with E-state index in [4.69, 9.17) is 10.5 Å². The Morgan fingerprint density at radius 3 is 1.35 bits per heavy atom. The number of unbranched alkanes of at least 4 members (excludes halogenated alkanes) is 19. The molecule has 0 amide bonds. The van der Waals surface area contributed by atoms with Gasteiger partial charge in [-0.2, -0.15) is 10.5 Å². The summed E-state index contributed by atoms with van der Waals surface area (Å²) in [5.41, 5.74) is 0. The third kappa shape index (κ3) is 19.9. The molecule has 4 heteroatoms. The van der Waals surface area contributed by atoms with Crippen LogP contribution in [0.15, 0.2) is 0 Å². The maximum atomic E-state index is 9.00. The molecule has 1 aliphatic carbocycles. The van der Waals surface area contributed by atoms with Crippen molar-refractivity contribution < 1.29 is 0 Å². The molecule has 0 aromatic carbocycles. The molecule has 196 valence electrons. The lowest BCUT2D eigenvalue weighted by Crippen LogP contribution is -2.21. The lowest BCUT2D eigenvalue weighted by molar-refractivity contribution is 0.339. The Kier molecular flexibility index (Phi) is 24.0. The molecule has 1 rings (SSSR count). The molecule has 0 heterocycles. The minimum Gasteiger partial charge on any atom is -0.185 e. The molecule has 1 fully saturated rings. The fourth-order valence-electron chi connectivity index (χ4n) is 5.54. The second kappa shape index (κ2) is 25.8. The van der Waals surface area contributed by atoms with E-state index in [1.54, 1.807) is 11.8 Å². The predicted molar refractivity (Wildman–Crippen MR) is 154 cm³/mol. The van der Waals surface area contributed by atoms with Gasteiger partial charge >= 0.3 is 0 Å². The van der Waals surface area contributed by atoms with Crippen LogP contribution in [0.5, 0.6) is 0 Å². The fraction of sp³-hybridized carbons (Fsp3) is 0.933. The standard InChI is InChI=1S/C30H54N2S2/c31-27-33-26-22-18-16-14-12-10-8-6-4-2-1-3-5-7-9-11-13-15-17-19-23-29-24-20-21-25-30(29)34-28-32/h29-30H,1-26H2/t29?,30-/m0/s1. The molecule has 1 aliphatic rings. The van der Waals surface area contributed by atoms with Gasteiger partial charge in [-0.1, -0.05) is 135 Å². The second-order valence-corrected chi connectivity index (χ2v) is 12.5. The number of nitrogens with zero attached hydrogens (tertiary/aromatic N) is 2. The molecule has 0 aromatic heterocycles. The van der Waals surface area contributed by atoms with E-state index in [0.29, 0.717) is 5.25 Å². The normalized spacial score (nSPS) is 17.9. The van der Waals surface area contributed by atoms with Crippen molar-refractivity contribution >= 4 is 23.5 Å². The Morgan fingerprint density at radius 1 is 0.500 bits per heavy atom. The van der Waals surface area contributed by atoms with Gasteiger partial charge in [-0.3, -0.25) is 0 Å². The highest BCUT2D eigenvalue weighted by atomic mass is 32.2. The van der Waals surface area contributed by atoms with Gasteiger partial charge in [-0.25, -0.2) is 0 Å². The van der Waals surface area contributed by atoms with Crippen LogP contribution in [0.1, 0.15) is 161 Å². The Morgan fingerprint density at radius 2 is 0.912 bits per heavy atom. The maximum absolute atomic E-state index is 9.00. The van der Waals surface area contributed by atoms with Gasteiger partial charge in [0.25, 0.3) is 0 Å². The molecule has 1 unspecified atom stereocenters. The van der Waals surface area contributed by atoms with Gasteiger partial charge in [0.15, 0.2) is 0 Å². The van der Waals surface area contributed by atoms with Crippen molar-refractivity contribution in [1.82, 2.24) is 0 Å². The molecule has 0 N–H and O–H groups in total. The largest absolute Gasteiger partial charge is 0.185 e. The topological polar surface area (TPSA) is 47.6 Å². The monoisotopic (exact) mass is 506 g/mol. The van der Waals surface area contributed by atoms with E-state index in [9.17, 15) is 0 Å². The third-order valence-corrected chi connectivity index (χ3v) is 9.33. The van der Waals surface area contributed by atoms with Crippen LogP contribution < -0.4 is 0 Å². The molecule has 2 nitrogen and oxygen atoms in total. The molecule has 0 spiro atoms. The van der Waals surface area contributed by atoms with Crippen LogP contribution >= 0.6 is 23.5 Å². The zero-order chi connectivity index (χ0) is 24.4. The highest BCUT2D eigenvalue weighted by Gasteiger charge is 2.24. The number of rotatable bonds is 24. The van der Waals surface area contributed by atoms with E-state index in [1.807, 2.05) is 0 Å². The zero-order valence-electron chi connectivity index (χ0n) is 22.3. The van der Waals surface area contributed by atoms with Crippen LogP contribution in [0.3, 0.4) is 0 Å². The van der Waals surface area contributed by atoms with Crippen LogP contribution in [-0.2, 0) is 0 Å². The van der Waals surface area contributed by atoms with Crippen molar-refractivity contribution in [2.45, 2.75) is 166 Å². The van der Waals surface area contributed by atoms with Crippen LogP contribution in [0.4, 0.5) is 0 Å². The number of hydrogen-bond donors (Lipinski definition) is 0. The highest BCUT2D eigenvalue weighted by molar-refractivity contribution is 8.04. The molecule has 34 heavy (non-hydrogen) atoms. The first-order chi connectivity index (χ1) is 16.9. The first-order valence-electron chi connectivity index (χ1n) is 14.9. The van der Waals surface area contributed by atoms with Crippen molar-refractivity contribution in [2.75, 3.05) is 5.75 Å². The summed E-state index contributed by atoms with van der Waals surface area (Å²) in [6, 6.07) is 0. The molecule has 0 radical (unpaired) electrons. The number of nitriles is 2. The van der Waals surface area contributed by atoms with Crippen molar-refractivity contribution in [2.24, 2.45) is 5.92 Å². The van der Waals surface area contributed by atoms with Crippen LogP contribution in [-0.4, -0.2) is 11.0 Å². The van der Waals surface area contributed by atoms with Crippen LogP contribution in [0, 0.1) is 27.2 Å². The Labute approximate surface area is 221 Å². The third-order valence-electron chi connectivity index (χ3n) is 7.68. The Balaban J connectivity index is 1.71. The van der Waals surface area contributed by atoms with E-state index >= 15 is 0 Å². The van der Waals surface area contributed by atoms with Crippen molar-refractivity contribution in [3.63, 3.8) is 0 Å². The smallest absolute Gasteiger partial charge is 0.133 e. The molecule has 0 bridgehead atoms. The molecule has 1 saturated carbocycles. The van der Waals surface area contributed by atoms with Gasteiger partial charge in [0, 0.05) is 11.0 Å². The van der Waals surface area contributed by atoms with E-state index < -0.39 is 0 Å². The average Bonchev–Trinajstić information content (AvgIpc) is 2.85. The number of thioether (sulfide) groups is 2. The molecular weight excluding hydrogens is 452 g/mol. The fourth-order valence-corrected chi connectivity index (χ4v) is 6.86. The summed E-state index contributed by atoms with van der Waals surface area (Å²) in [5, 5.41) is 22.6. The van der Waals surface area contributed by atoms with E-state index in [-0.39, 0.29) is 0 Å². The van der Waals surface area contributed by atoms with Crippen LogP contribution in [0.2, 0.25) is 0 Å². The SMILES string of the molecule is N#CSCCCCCCCCCCCCCCCCCCCCCCC1CCCC[C@@H]1SC#N. The van der Waals surface area contributed by atoms with Crippen molar-refractivity contribution in [1.29, 1.82) is 10.5 Å². The van der Waals surface area contributed by atoms with Gasteiger partial charge in [-0.15, -0.1) is 0 Å². The van der Waals surface area contributed by atoms with Crippen molar-refractivity contribution in [3.05, 3.63) is 0 Å². The Hall–Kier alpha value is -0.320. The maximum Gasteiger partial charge on any atom is 0.133 e. The summed E-state index contributed by atoms with van der Waals surface area (Å²) in [4.78, 5) is 0. The molecule has 0 aromatic rings. The minimum absolute atomic E-state index is 0.630. The zero-order valence-corrected chi connectivity index (χ0v) is 23.9.